The fraction of sp³-hybridized carbons (Fsp3) is 0.923. The van der Waals surface area contributed by atoms with Gasteiger partial charge in [-0.15, -0.1) is 0 Å². The summed E-state index contributed by atoms with van der Waals surface area (Å²) in [7, 11) is 0. The van der Waals surface area contributed by atoms with Gasteiger partial charge in [0.2, 0.25) is 0 Å². The molecule has 2 fully saturated rings. The predicted octanol–water partition coefficient (Wildman–Crippen LogP) is 2.90. The summed E-state index contributed by atoms with van der Waals surface area (Å²) in [5, 5.41) is 0. The minimum Gasteiger partial charge on any atom is -0.444 e. The van der Waals surface area contributed by atoms with Gasteiger partial charge in [0, 0.05) is 13.1 Å². The number of ether oxygens (including phenoxy) is 1. The van der Waals surface area contributed by atoms with Gasteiger partial charge >= 0.3 is 6.09 Å². The van der Waals surface area contributed by atoms with E-state index in [0.717, 1.165) is 19.0 Å². The quantitative estimate of drug-likeness (QED) is 0.634. The van der Waals surface area contributed by atoms with E-state index in [4.69, 9.17) is 4.74 Å². The third-order valence-corrected chi connectivity index (χ3v) is 3.96. The smallest absolute Gasteiger partial charge is 0.410 e. The van der Waals surface area contributed by atoms with Crippen molar-refractivity contribution >= 4 is 6.09 Å². The summed E-state index contributed by atoms with van der Waals surface area (Å²) in [5.41, 5.74) is -0.376. The number of carbonyl (C=O) groups excluding carboxylic acids is 1. The summed E-state index contributed by atoms with van der Waals surface area (Å²) in [6, 6.07) is 0. The molecule has 92 valence electrons. The summed E-state index contributed by atoms with van der Waals surface area (Å²) < 4.78 is 5.42. The van der Waals surface area contributed by atoms with Crippen molar-refractivity contribution in [1.82, 2.24) is 4.90 Å². The Morgan fingerprint density at radius 2 is 1.69 bits per heavy atom. The highest BCUT2D eigenvalue weighted by molar-refractivity contribution is 5.68. The Balaban J connectivity index is 1.95. The van der Waals surface area contributed by atoms with E-state index in [2.05, 4.69) is 6.92 Å². The van der Waals surface area contributed by atoms with Gasteiger partial charge in [-0.25, -0.2) is 4.79 Å². The number of hydrogen-bond donors (Lipinski definition) is 0. The first-order valence-corrected chi connectivity index (χ1v) is 6.35. The Bertz CT molecular complexity index is 268. The van der Waals surface area contributed by atoms with Crippen molar-refractivity contribution in [2.24, 2.45) is 17.8 Å². The van der Waals surface area contributed by atoms with E-state index in [9.17, 15) is 4.79 Å². The maximum atomic E-state index is 11.9. The van der Waals surface area contributed by atoms with Gasteiger partial charge in [-0.05, 0) is 51.4 Å². The minimum absolute atomic E-state index is 0.128. The number of rotatable bonds is 0. The van der Waals surface area contributed by atoms with E-state index < -0.39 is 0 Å². The Hall–Kier alpha value is -0.730. The van der Waals surface area contributed by atoms with Gasteiger partial charge in [0.1, 0.15) is 5.60 Å². The Kier molecular flexibility index (Phi) is 2.89. The largest absolute Gasteiger partial charge is 0.444 e. The molecule has 1 saturated carbocycles. The van der Waals surface area contributed by atoms with Crippen LogP contribution in [0, 0.1) is 17.8 Å². The van der Waals surface area contributed by atoms with Gasteiger partial charge in [0.15, 0.2) is 0 Å². The highest BCUT2D eigenvalue weighted by Crippen LogP contribution is 2.41. The number of piperidine rings is 1. The summed E-state index contributed by atoms with van der Waals surface area (Å²) in [5.74, 6) is 2.19. The SMILES string of the molecule is CC1C2CC[C@@H]1CN(C(=O)OC(C)(C)C)C2. The molecule has 2 bridgehead atoms. The van der Waals surface area contributed by atoms with Crippen LogP contribution >= 0.6 is 0 Å². The molecule has 0 aromatic rings. The Morgan fingerprint density at radius 3 is 2.12 bits per heavy atom. The van der Waals surface area contributed by atoms with Gasteiger partial charge in [-0.3, -0.25) is 0 Å². The number of likely N-dealkylation sites (tertiary alicyclic amines) is 1. The normalized spacial score (nSPS) is 34.0. The van der Waals surface area contributed by atoms with Crippen molar-refractivity contribution < 1.29 is 9.53 Å². The van der Waals surface area contributed by atoms with Crippen LogP contribution in [-0.4, -0.2) is 29.7 Å². The molecule has 0 aromatic carbocycles. The van der Waals surface area contributed by atoms with Crippen LogP contribution in [0.4, 0.5) is 4.79 Å². The topological polar surface area (TPSA) is 29.5 Å². The molecule has 0 radical (unpaired) electrons. The lowest BCUT2D eigenvalue weighted by Crippen LogP contribution is -2.46. The monoisotopic (exact) mass is 225 g/mol. The van der Waals surface area contributed by atoms with Crippen LogP contribution in [-0.2, 0) is 4.74 Å². The maximum absolute atomic E-state index is 11.9. The molecular formula is C13H23NO2. The van der Waals surface area contributed by atoms with Crippen molar-refractivity contribution in [3.63, 3.8) is 0 Å². The average molecular weight is 225 g/mol. The molecule has 1 amide bonds. The molecule has 3 heteroatoms. The first kappa shape index (κ1) is 11.7. The van der Waals surface area contributed by atoms with E-state index >= 15 is 0 Å². The molecule has 1 aliphatic carbocycles. The zero-order chi connectivity index (χ0) is 11.9. The molecular weight excluding hydrogens is 202 g/mol. The molecule has 2 unspecified atom stereocenters. The summed E-state index contributed by atoms with van der Waals surface area (Å²) in [4.78, 5) is 13.9. The fourth-order valence-electron chi connectivity index (χ4n) is 2.97. The van der Waals surface area contributed by atoms with Crippen molar-refractivity contribution in [3.05, 3.63) is 0 Å². The van der Waals surface area contributed by atoms with Crippen LogP contribution in [0.3, 0.4) is 0 Å². The van der Waals surface area contributed by atoms with Crippen LogP contribution in [0.5, 0.6) is 0 Å². The first-order chi connectivity index (χ1) is 7.37. The fourth-order valence-corrected chi connectivity index (χ4v) is 2.97. The van der Waals surface area contributed by atoms with E-state index in [-0.39, 0.29) is 11.7 Å². The van der Waals surface area contributed by atoms with Gasteiger partial charge in [-0.1, -0.05) is 6.92 Å². The Labute approximate surface area is 98.1 Å². The van der Waals surface area contributed by atoms with Crippen LogP contribution in [0.25, 0.3) is 0 Å². The summed E-state index contributed by atoms with van der Waals surface area (Å²) in [6.45, 7) is 9.89. The van der Waals surface area contributed by atoms with E-state index in [1.165, 1.54) is 12.8 Å². The number of nitrogens with zero attached hydrogens (tertiary/aromatic N) is 1. The lowest BCUT2D eigenvalue weighted by molar-refractivity contribution is 0.00940. The Morgan fingerprint density at radius 1 is 1.19 bits per heavy atom. The van der Waals surface area contributed by atoms with Crippen LogP contribution in [0.2, 0.25) is 0 Å². The summed E-state index contributed by atoms with van der Waals surface area (Å²) >= 11 is 0. The molecule has 1 aliphatic heterocycles. The van der Waals surface area contributed by atoms with Crippen molar-refractivity contribution in [2.75, 3.05) is 13.1 Å². The highest BCUT2D eigenvalue weighted by Gasteiger charge is 2.41. The second kappa shape index (κ2) is 3.94. The van der Waals surface area contributed by atoms with Crippen LogP contribution in [0.15, 0.2) is 0 Å². The number of fused-ring (bicyclic) bond motifs is 2. The van der Waals surface area contributed by atoms with Crippen LogP contribution < -0.4 is 0 Å². The van der Waals surface area contributed by atoms with Crippen molar-refractivity contribution in [2.45, 2.75) is 46.1 Å². The molecule has 16 heavy (non-hydrogen) atoms. The second-order valence-corrected chi connectivity index (χ2v) is 6.34. The third-order valence-electron chi connectivity index (χ3n) is 3.96. The van der Waals surface area contributed by atoms with Crippen molar-refractivity contribution in [1.29, 1.82) is 0 Å². The number of amides is 1. The van der Waals surface area contributed by atoms with E-state index in [1.54, 1.807) is 0 Å². The number of carbonyl (C=O) groups is 1. The van der Waals surface area contributed by atoms with Gasteiger partial charge < -0.3 is 9.64 Å². The molecule has 0 spiro atoms. The van der Waals surface area contributed by atoms with Crippen LogP contribution in [0.1, 0.15) is 40.5 Å². The third kappa shape index (κ3) is 2.33. The minimum atomic E-state index is -0.376. The molecule has 1 heterocycles. The zero-order valence-corrected chi connectivity index (χ0v) is 10.8. The molecule has 0 N–H and O–H groups in total. The molecule has 3 atom stereocenters. The summed E-state index contributed by atoms with van der Waals surface area (Å²) in [6.07, 6.45) is 2.44. The predicted molar refractivity (Wildman–Crippen MR) is 63.2 cm³/mol. The second-order valence-electron chi connectivity index (χ2n) is 6.34. The average Bonchev–Trinajstić information content (AvgIpc) is 2.38. The highest BCUT2D eigenvalue weighted by atomic mass is 16.6. The van der Waals surface area contributed by atoms with Gasteiger partial charge in [-0.2, -0.15) is 0 Å². The maximum Gasteiger partial charge on any atom is 0.410 e. The van der Waals surface area contributed by atoms with E-state index in [0.29, 0.717) is 11.8 Å². The lowest BCUT2D eigenvalue weighted by Gasteiger charge is -2.37. The standard InChI is InChI=1S/C13H23NO2/c1-9-10-5-6-11(9)8-14(7-10)12(15)16-13(2,3)4/h9-11H,5-8H2,1-4H3/t9?,10-,11?/m1/s1. The lowest BCUT2D eigenvalue weighted by atomic mass is 9.87. The molecule has 0 aromatic heterocycles. The van der Waals surface area contributed by atoms with Gasteiger partial charge in [0.25, 0.3) is 0 Å². The zero-order valence-electron chi connectivity index (χ0n) is 10.8. The van der Waals surface area contributed by atoms with E-state index in [1.807, 2.05) is 25.7 Å². The first-order valence-electron chi connectivity index (χ1n) is 6.35. The van der Waals surface area contributed by atoms with Crippen molar-refractivity contribution in [3.8, 4) is 0 Å². The molecule has 2 rings (SSSR count). The van der Waals surface area contributed by atoms with Gasteiger partial charge in [0.05, 0.1) is 0 Å². The molecule has 2 aliphatic rings. The number of hydrogen-bond acceptors (Lipinski definition) is 2. The molecule has 3 nitrogen and oxygen atoms in total. The molecule has 1 saturated heterocycles.